The van der Waals surface area contributed by atoms with Gasteiger partial charge in [0.2, 0.25) is 5.88 Å². The number of nitrogen functional groups attached to an aromatic ring is 1. The van der Waals surface area contributed by atoms with Crippen LogP contribution in [-0.4, -0.2) is 12.0 Å². The number of nitrogens with one attached hydrogen (secondary N) is 1. The number of anilines is 2. The number of aromatic nitrogens is 1. The third-order valence-corrected chi connectivity index (χ3v) is 2.37. The van der Waals surface area contributed by atoms with Gasteiger partial charge in [-0.2, -0.15) is 4.98 Å². The molecule has 2 rings (SSSR count). The van der Waals surface area contributed by atoms with Gasteiger partial charge in [0.15, 0.2) is 5.82 Å². The van der Waals surface area contributed by atoms with E-state index in [0.717, 1.165) is 5.56 Å². The molecule has 0 unspecified atom stereocenters. The van der Waals surface area contributed by atoms with Gasteiger partial charge in [0.05, 0.1) is 5.69 Å². The van der Waals surface area contributed by atoms with Gasteiger partial charge < -0.3 is 15.8 Å². The molecule has 1 aromatic carbocycles. The molecule has 0 bridgehead atoms. The number of pyridine rings is 1. The predicted octanol–water partition coefficient (Wildman–Crippen LogP) is 2.28. The van der Waals surface area contributed by atoms with Crippen molar-refractivity contribution >= 4 is 11.5 Å². The molecule has 17 heavy (non-hydrogen) atoms. The highest BCUT2D eigenvalue weighted by molar-refractivity contribution is 5.61. The Hall–Kier alpha value is -2.23. The van der Waals surface area contributed by atoms with E-state index in [1.165, 1.54) is 0 Å². The van der Waals surface area contributed by atoms with Crippen LogP contribution in [0, 0.1) is 0 Å². The lowest BCUT2D eigenvalue weighted by Crippen LogP contribution is -2.02. The summed E-state index contributed by atoms with van der Waals surface area (Å²) < 4.78 is 5.58. The fraction of sp³-hybridized carbons (Fsp3) is 0.154. The van der Waals surface area contributed by atoms with E-state index in [0.29, 0.717) is 24.0 Å². The average Bonchev–Trinajstić information content (AvgIpc) is 2.39. The highest BCUT2D eigenvalue weighted by Gasteiger charge is 2.02. The lowest BCUT2D eigenvalue weighted by Gasteiger charge is -2.08. The van der Waals surface area contributed by atoms with E-state index in [9.17, 15) is 0 Å². The summed E-state index contributed by atoms with van der Waals surface area (Å²) >= 11 is 0. The smallest absolute Gasteiger partial charge is 0.215 e. The van der Waals surface area contributed by atoms with Gasteiger partial charge in [-0.05, 0) is 11.6 Å². The molecule has 1 heterocycles. The van der Waals surface area contributed by atoms with Crippen LogP contribution in [0.3, 0.4) is 0 Å². The highest BCUT2D eigenvalue weighted by Crippen LogP contribution is 2.19. The molecule has 0 aliphatic heterocycles. The zero-order chi connectivity index (χ0) is 12.1. The standard InChI is InChI=1S/C13H15N3O/c1-15-13-11(14)7-8-12(16-13)17-9-10-5-3-2-4-6-10/h2-8H,9,14H2,1H3,(H,15,16). The van der Waals surface area contributed by atoms with Crippen molar-refractivity contribution in [3.05, 3.63) is 48.0 Å². The van der Waals surface area contributed by atoms with Crippen molar-refractivity contribution in [3.63, 3.8) is 0 Å². The molecule has 0 radical (unpaired) electrons. The number of hydrogen-bond acceptors (Lipinski definition) is 4. The molecule has 3 N–H and O–H groups in total. The third kappa shape index (κ3) is 2.87. The van der Waals surface area contributed by atoms with Crippen LogP contribution in [0.4, 0.5) is 11.5 Å². The van der Waals surface area contributed by atoms with Crippen molar-refractivity contribution < 1.29 is 4.74 Å². The Morgan fingerprint density at radius 1 is 1.18 bits per heavy atom. The lowest BCUT2D eigenvalue weighted by molar-refractivity contribution is 0.294. The van der Waals surface area contributed by atoms with E-state index >= 15 is 0 Å². The molecule has 0 amide bonds. The van der Waals surface area contributed by atoms with Gasteiger partial charge in [0.1, 0.15) is 6.61 Å². The van der Waals surface area contributed by atoms with Crippen molar-refractivity contribution in [3.8, 4) is 5.88 Å². The molecular formula is C13H15N3O. The molecular weight excluding hydrogens is 214 g/mol. The summed E-state index contributed by atoms with van der Waals surface area (Å²) in [4.78, 5) is 4.25. The van der Waals surface area contributed by atoms with Crippen LogP contribution in [0.5, 0.6) is 5.88 Å². The van der Waals surface area contributed by atoms with Crippen LogP contribution in [0.2, 0.25) is 0 Å². The minimum Gasteiger partial charge on any atom is -0.473 e. The molecule has 88 valence electrons. The Kier molecular flexibility index (Phi) is 3.45. The maximum Gasteiger partial charge on any atom is 0.215 e. The Balaban J connectivity index is 2.04. The first kappa shape index (κ1) is 11.3. The monoisotopic (exact) mass is 229 g/mol. The molecule has 0 atom stereocenters. The summed E-state index contributed by atoms with van der Waals surface area (Å²) in [6.07, 6.45) is 0. The topological polar surface area (TPSA) is 60.2 Å². The van der Waals surface area contributed by atoms with Crippen molar-refractivity contribution in [2.75, 3.05) is 18.1 Å². The molecule has 0 aliphatic rings. The minimum absolute atomic E-state index is 0.501. The SMILES string of the molecule is CNc1nc(OCc2ccccc2)ccc1N. The molecule has 1 aromatic heterocycles. The Morgan fingerprint density at radius 3 is 2.65 bits per heavy atom. The van der Waals surface area contributed by atoms with E-state index in [1.807, 2.05) is 30.3 Å². The maximum atomic E-state index is 5.73. The first-order valence-corrected chi connectivity index (χ1v) is 5.40. The van der Waals surface area contributed by atoms with Gasteiger partial charge in [-0.15, -0.1) is 0 Å². The number of nitrogens with zero attached hydrogens (tertiary/aromatic N) is 1. The fourth-order valence-corrected chi connectivity index (χ4v) is 1.46. The molecule has 4 nitrogen and oxygen atoms in total. The number of ether oxygens (including phenoxy) is 1. The molecule has 2 aromatic rings. The second kappa shape index (κ2) is 5.21. The van der Waals surface area contributed by atoms with Crippen LogP contribution < -0.4 is 15.8 Å². The fourth-order valence-electron chi connectivity index (χ4n) is 1.46. The van der Waals surface area contributed by atoms with E-state index in [2.05, 4.69) is 10.3 Å². The summed E-state index contributed by atoms with van der Waals surface area (Å²) in [7, 11) is 1.78. The van der Waals surface area contributed by atoms with Gasteiger partial charge in [0, 0.05) is 13.1 Å². The number of benzene rings is 1. The first-order valence-electron chi connectivity index (χ1n) is 5.40. The lowest BCUT2D eigenvalue weighted by atomic mass is 10.2. The Bertz CT molecular complexity index is 485. The number of nitrogens with two attached hydrogens (primary N) is 1. The minimum atomic E-state index is 0.501. The summed E-state index contributed by atoms with van der Waals surface area (Å²) in [5.74, 6) is 1.20. The quantitative estimate of drug-likeness (QED) is 0.844. The van der Waals surface area contributed by atoms with Crippen LogP contribution in [0.15, 0.2) is 42.5 Å². The number of rotatable bonds is 4. The van der Waals surface area contributed by atoms with Crippen molar-refractivity contribution in [2.24, 2.45) is 0 Å². The van der Waals surface area contributed by atoms with Crippen LogP contribution >= 0.6 is 0 Å². The van der Waals surface area contributed by atoms with E-state index in [-0.39, 0.29) is 0 Å². The van der Waals surface area contributed by atoms with E-state index in [4.69, 9.17) is 10.5 Å². The Labute approximate surface area is 100 Å². The first-order chi connectivity index (χ1) is 8.29. The zero-order valence-corrected chi connectivity index (χ0v) is 9.68. The number of hydrogen-bond donors (Lipinski definition) is 2. The molecule has 4 heteroatoms. The molecule has 0 saturated heterocycles. The second-order valence-electron chi connectivity index (χ2n) is 3.61. The van der Waals surface area contributed by atoms with Gasteiger partial charge in [-0.3, -0.25) is 0 Å². The van der Waals surface area contributed by atoms with Crippen LogP contribution in [0.1, 0.15) is 5.56 Å². The maximum absolute atomic E-state index is 5.73. The van der Waals surface area contributed by atoms with E-state index < -0.39 is 0 Å². The predicted molar refractivity (Wildman–Crippen MR) is 69.0 cm³/mol. The molecule has 0 spiro atoms. The van der Waals surface area contributed by atoms with Gasteiger partial charge >= 0.3 is 0 Å². The summed E-state index contributed by atoms with van der Waals surface area (Å²) in [6.45, 7) is 0.501. The van der Waals surface area contributed by atoms with E-state index in [1.54, 1.807) is 19.2 Å². The normalized spacial score (nSPS) is 9.94. The molecule has 0 aliphatic carbocycles. The zero-order valence-electron chi connectivity index (χ0n) is 9.68. The van der Waals surface area contributed by atoms with Gasteiger partial charge in [0.25, 0.3) is 0 Å². The third-order valence-electron chi connectivity index (χ3n) is 2.37. The van der Waals surface area contributed by atoms with Crippen molar-refractivity contribution in [1.82, 2.24) is 4.98 Å². The molecule has 0 saturated carbocycles. The van der Waals surface area contributed by atoms with Crippen molar-refractivity contribution in [2.45, 2.75) is 6.61 Å². The second-order valence-corrected chi connectivity index (χ2v) is 3.61. The van der Waals surface area contributed by atoms with Gasteiger partial charge in [-0.25, -0.2) is 0 Å². The molecule has 0 fully saturated rings. The van der Waals surface area contributed by atoms with Gasteiger partial charge in [-0.1, -0.05) is 30.3 Å². The van der Waals surface area contributed by atoms with Crippen LogP contribution in [-0.2, 0) is 6.61 Å². The van der Waals surface area contributed by atoms with Crippen molar-refractivity contribution in [1.29, 1.82) is 0 Å². The summed E-state index contributed by atoms with van der Waals surface area (Å²) in [5, 5.41) is 2.92. The Morgan fingerprint density at radius 2 is 1.94 bits per heavy atom. The summed E-state index contributed by atoms with van der Waals surface area (Å²) in [6, 6.07) is 13.5. The summed E-state index contributed by atoms with van der Waals surface area (Å²) in [5.41, 5.74) is 7.45. The van der Waals surface area contributed by atoms with Crippen LogP contribution in [0.25, 0.3) is 0 Å². The highest BCUT2D eigenvalue weighted by atomic mass is 16.5. The largest absolute Gasteiger partial charge is 0.473 e. The average molecular weight is 229 g/mol.